The third-order valence-corrected chi connectivity index (χ3v) is 4.72. The molecule has 2 unspecified atom stereocenters. The van der Waals surface area contributed by atoms with Crippen molar-refractivity contribution in [2.24, 2.45) is 0 Å². The van der Waals surface area contributed by atoms with E-state index >= 15 is 0 Å². The zero-order valence-corrected chi connectivity index (χ0v) is 15.3. The van der Waals surface area contributed by atoms with Gasteiger partial charge in [-0.15, -0.1) is 0 Å². The number of benzene rings is 1. The molecule has 2 amide bonds. The minimum atomic E-state index is -0.824. The molecule has 2 atom stereocenters. The second-order valence-electron chi connectivity index (χ2n) is 6.52. The fraction of sp³-hybridized carbons (Fsp3) is 0.526. The van der Waals surface area contributed by atoms with Crippen LogP contribution in [0.15, 0.2) is 30.3 Å². The van der Waals surface area contributed by atoms with E-state index in [-0.39, 0.29) is 25.3 Å². The first-order chi connectivity index (χ1) is 13.1. The van der Waals surface area contributed by atoms with E-state index in [1.165, 1.54) is 5.06 Å². The number of carbonyl (C=O) groups is 3. The van der Waals surface area contributed by atoms with Gasteiger partial charge in [-0.2, -0.15) is 0 Å². The van der Waals surface area contributed by atoms with Crippen molar-refractivity contribution in [2.45, 2.75) is 51.3 Å². The van der Waals surface area contributed by atoms with Crippen LogP contribution in [0.5, 0.6) is 0 Å². The van der Waals surface area contributed by atoms with Gasteiger partial charge in [-0.1, -0.05) is 43.2 Å². The van der Waals surface area contributed by atoms with Crippen molar-refractivity contribution in [1.29, 1.82) is 0 Å². The summed E-state index contributed by atoms with van der Waals surface area (Å²) in [6.45, 7) is 1.71. The van der Waals surface area contributed by atoms with Gasteiger partial charge in [0.1, 0.15) is 6.61 Å². The Kier molecular flexibility index (Phi) is 6.41. The maximum absolute atomic E-state index is 12.6. The molecule has 1 aliphatic heterocycles. The number of amides is 2. The molecule has 146 valence electrons. The third kappa shape index (κ3) is 4.45. The van der Waals surface area contributed by atoms with Gasteiger partial charge in [-0.05, 0) is 25.3 Å². The fourth-order valence-corrected chi connectivity index (χ4v) is 3.48. The average Bonchev–Trinajstić information content (AvgIpc) is 2.69. The number of hydrogen-bond donors (Lipinski definition) is 0. The lowest BCUT2D eigenvalue weighted by Crippen LogP contribution is -2.65. The van der Waals surface area contributed by atoms with Gasteiger partial charge in [-0.3, -0.25) is 19.3 Å². The van der Waals surface area contributed by atoms with Crippen LogP contribution in [0.2, 0.25) is 0 Å². The van der Waals surface area contributed by atoms with Gasteiger partial charge < -0.3 is 4.74 Å². The Morgan fingerprint density at radius 2 is 1.59 bits per heavy atom. The summed E-state index contributed by atoms with van der Waals surface area (Å²) in [7, 11) is 0. The van der Waals surface area contributed by atoms with Crippen LogP contribution in [0.3, 0.4) is 0 Å². The Labute approximate surface area is 157 Å². The van der Waals surface area contributed by atoms with Crippen molar-refractivity contribution in [3.8, 4) is 0 Å². The van der Waals surface area contributed by atoms with Crippen LogP contribution in [-0.4, -0.2) is 53.2 Å². The molecular formula is C19H24N2O6. The molecule has 1 saturated carbocycles. The lowest BCUT2D eigenvalue weighted by atomic mass is 9.88. The molecular weight excluding hydrogens is 352 g/mol. The number of hydroxylamine groups is 4. The van der Waals surface area contributed by atoms with Crippen LogP contribution < -0.4 is 0 Å². The van der Waals surface area contributed by atoms with Gasteiger partial charge >= 0.3 is 17.8 Å². The van der Waals surface area contributed by atoms with Crippen molar-refractivity contribution in [3.05, 3.63) is 35.9 Å². The first-order valence-electron chi connectivity index (χ1n) is 9.24. The molecule has 8 heteroatoms. The van der Waals surface area contributed by atoms with E-state index < -0.39 is 24.4 Å². The Bertz CT molecular complexity index is 680. The highest BCUT2D eigenvalue weighted by atomic mass is 16.7. The molecule has 1 heterocycles. The molecule has 0 spiro atoms. The molecule has 3 rings (SSSR count). The van der Waals surface area contributed by atoms with Crippen LogP contribution in [0.4, 0.5) is 0 Å². The molecule has 27 heavy (non-hydrogen) atoms. The monoisotopic (exact) mass is 376 g/mol. The van der Waals surface area contributed by atoms with Gasteiger partial charge in [0.2, 0.25) is 0 Å². The lowest BCUT2D eigenvalue weighted by Gasteiger charge is -2.46. The van der Waals surface area contributed by atoms with Crippen molar-refractivity contribution < 1.29 is 28.8 Å². The van der Waals surface area contributed by atoms with E-state index in [4.69, 9.17) is 14.4 Å². The highest BCUT2D eigenvalue weighted by molar-refractivity contribution is 6.35. The SMILES string of the molecule is CCOC(=O)CON1C(=O)C(=O)N(OCc2ccccc2)C2CCCCC21. The fourth-order valence-electron chi connectivity index (χ4n) is 3.48. The Hall–Kier alpha value is -2.45. The number of hydrogen-bond acceptors (Lipinski definition) is 6. The molecule has 0 aromatic heterocycles. The largest absolute Gasteiger partial charge is 0.464 e. The zero-order valence-electron chi connectivity index (χ0n) is 15.3. The minimum Gasteiger partial charge on any atom is -0.464 e. The Morgan fingerprint density at radius 3 is 2.19 bits per heavy atom. The van der Waals surface area contributed by atoms with E-state index in [9.17, 15) is 14.4 Å². The van der Waals surface area contributed by atoms with Crippen LogP contribution in [0.1, 0.15) is 38.2 Å². The highest BCUT2D eigenvalue weighted by Gasteiger charge is 2.49. The maximum atomic E-state index is 12.6. The number of rotatable bonds is 7. The molecule has 2 fully saturated rings. The van der Waals surface area contributed by atoms with E-state index in [0.29, 0.717) is 12.8 Å². The minimum absolute atomic E-state index is 0.201. The van der Waals surface area contributed by atoms with E-state index in [0.717, 1.165) is 23.5 Å². The molecule has 1 aliphatic carbocycles. The Morgan fingerprint density at radius 1 is 1.00 bits per heavy atom. The second-order valence-corrected chi connectivity index (χ2v) is 6.52. The number of carbonyl (C=O) groups excluding carboxylic acids is 3. The average molecular weight is 376 g/mol. The Balaban J connectivity index is 1.70. The maximum Gasteiger partial charge on any atom is 0.338 e. The molecule has 8 nitrogen and oxygen atoms in total. The quantitative estimate of drug-likeness (QED) is 0.531. The van der Waals surface area contributed by atoms with Crippen molar-refractivity contribution in [2.75, 3.05) is 13.2 Å². The predicted octanol–water partition coefficient (Wildman–Crippen LogP) is 1.59. The lowest BCUT2D eigenvalue weighted by molar-refractivity contribution is -0.267. The summed E-state index contributed by atoms with van der Waals surface area (Å²) in [5.41, 5.74) is 0.908. The first kappa shape index (κ1) is 19.3. The smallest absolute Gasteiger partial charge is 0.338 e. The van der Waals surface area contributed by atoms with E-state index in [1.54, 1.807) is 6.92 Å². The van der Waals surface area contributed by atoms with Gasteiger partial charge in [0.25, 0.3) is 0 Å². The number of piperazine rings is 1. The van der Waals surface area contributed by atoms with Gasteiger partial charge in [0, 0.05) is 0 Å². The van der Waals surface area contributed by atoms with Crippen LogP contribution in [-0.2, 0) is 35.4 Å². The van der Waals surface area contributed by atoms with Crippen LogP contribution in [0, 0.1) is 0 Å². The third-order valence-electron chi connectivity index (χ3n) is 4.72. The topological polar surface area (TPSA) is 85.4 Å². The molecule has 2 aliphatic rings. The normalized spacial score (nSPS) is 22.6. The standard InChI is InChI=1S/C19H24N2O6/c1-2-25-17(22)13-27-21-16-11-7-6-10-15(16)20(18(23)19(21)24)26-12-14-8-4-3-5-9-14/h3-5,8-9,15-16H,2,6-7,10-13H2,1H3. The molecule has 0 bridgehead atoms. The van der Waals surface area contributed by atoms with E-state index in [2.05, 4.69) is 0 Å². The number of esters is 1. The van der Waals surface area contributed by atoms with Gasteiger partial charge in [0.15, 0.2) is 6.61 Å². The van der Waals surface area contributed by atoms with Crippen molar-refractivity contribution in [3.63, 3.8) is 0 Å². The van der Waals surface area contributed by atoms with Gasteiger partial charge in [0.05, 0.1) is 18.7 Å². The number of nitrogens with zero attached hydrogens (tertiary/aromatic N) is 2. The summed E-state index contributed by atoms with van der Waals surface area (Å²) in [4.78, 5) is 47.8. The molecule has 0 radical (unpaired) electrons. The predicted molar refractivity (Wildman–Crippen MR) is 93.6 cm³/mol. The summed E-state index contributed by atoms with van der Waals surface area (Å²) in [5, 5.41) is 2.24. The van der Waals surface area contributed by atoms with E-state index in [1.807, 2.05) is 30.3 Å². The van der Waals surface area contributed by atoms with Crippen LogP contribution in [0.25, 0.3) is 0 Å². The molecule has 1 aromatic carbocycles. The number of fused-ring (bicyclic) bond motifs is 1. The summed E-state index contributed by atoms with van der Waals surface area (Å²) >= 11 is 0. The first-order valence-corrected chi connectivity index (χ1v) is 9.24. The number of ether oxygens (including phenoxy) is 1. The van der Waals surface area contributed by atoms with Crippen molar-refractivity contribution >= 4 is 17.8 Å². The molecule has 1 saturated heterocycles. The summed E-state index contributed by atoms with van der Waals surface area (Å²) in [5.74, 6) is -2.18. The second kappa shape index (κ2) is 8.96. The molecule has 0 N–H and O–H groups in total. The highest BCUT2D eigenvalue weighted by Crippen LogP contribution is 2.32. The summed E-state index contributed by atoms with van der Waals surface area (Å²) in [6.07, 6.45) is 3.23. The van der Waals surface area contributed by atoms with Crippen LogP contribution >= 0.6 is 0 Å². The molecule has 1 aromatic rings. The summed E-state index contributed by atoms with van der Waals surface area (Å²) in [6, 6.07) is 8.82. The zero-order chi connectivity index (χ0) is 19.2. The summed E-state index contributed by atoms with van der Waals surface area (Å²) < 4.78 is 4.82. The van der Waals surface area contributed by atoms with Gasteiger partial charge in [-0.25, -0.2) is 14.9 Å². The van der Waals surface area contributed by atoms with Crippen molar-refractivity contribution in [1.82, 2.24) is 10.1 Å².